The van der Waals surface area contributed by atoms with Gasteiger partial charge in [-0.15, -0.1) is 0 Å². The normalized spacial score (nSPS) is 37.4. The summed E-state index contributed by atoms with van der Waals surface area (Å²) in [7, 11) is 0. The highest BCUT2D eigenvalue weighted by molar-refractivity contribution is 6.63. The molecule has 17 heteroatoms. The number of carbonyl (C=O) groups is 10. The number of rotatable bonds is 9. The molecular weight excluding hydrogens is 1100 g/mol. The number of fused-ring (bicyclic) bond motifs is 10. The van der Waals surface area contributed by atoms with Crippen molar-refractivity contribution in [3.8, 4) is 0 Å². The molecule has 8 saturated carbocycles. The lowest BCUT2D eigenvalue weighted by molar-refractivity contribution is -0.168. The van der Waals surface area contributed by atoms with Crippen molar-refractivity contribution in [2.45, 2.75) is 248 Å². The first-order valence-corrected chi connectivity index (χ1v) is 33.2. The Hall–Kier alpha value is -4.05. The predicted molar refractivity (Wildman–Crippen MR) is 320 cm³/mol. The standard InChI is InChI=1S/C34H51NO7.C24H33ClO4.C10H19NO3/c1-20(7-10-29(39)41-23-12-15-35(16-13-23)31(40)42-32(2,3)4)24-8-9-25-30-26(19-28(38)34(24,25)6)33(5)14-11-22(36)17-21(33)18-27(30)37;1-13(4-7-21(25)29)16-5-6-17-22-18(12-20(28)24(16,17)3)23(2)9-8-15(26)10-14(23)11-19(22)27;1-10(2,3)14-9(13)11-6-4-8(12)5-7-11/h20-21,23-26,30H,7-19H2,1-6H3;13-14,16-18,22H,4-12H2,1-3H3;8,12H,4-7H2,1-3H3/t20-,21+,24?,25+,26+,30+,33+,34-;13-,14+,16?,17+,18+,22+,23+,24-;/m11./s1. The Morgan fingerprint density at radius 2 is 0.941 bits per heavy atom. The van der Waals surface area contributed by atoms with E-state index in [2.05, 4.69) is 41.5 Å². The van der Waals surface area contributed by atoms with E-state index in [1.165, 1.54) is 0 Å². The van der Waals surface area contributed by atoms with Gasteiger partial charge in [0, 0.05) is 126 Å². The van der Waals surface area contributed by atoms with E-state index in [1.807, 2.05) is 41.5 Å². The van der Waals surface area contributed by atoms with Crippen LogP contribution in [0.2, 0.25) is 0 Å². The molecule has 2 aliphatic heterocycles. The molecule has 476 valence electrons. The molecule has 85 heavy (non-hydrogen) atoms. The van der Waals surface area contributed by atoms with Crippen molar-refractivity contribution in [1.82, 2.24) is 9.80 Å². The van der Waals surface area contributed by atoms with Gasteiger partial charge in [-0.25, -0.2) is 9.59 Å². The smallest absolute Gasteiger partial charge is 0.410 e. The van der Waals surface area contributed by atoms with Crippen LogP contribution in [-0.4, -0.2) is 123 Å². The number of piperidine rings is 2. The third-order valence-corrected chi connectivity index (χ3v) is 24.1. The molecule has 16 nitrogen and oxygen atoms in total. The number of hydrogen-bond acceptors (Lipinski definition) is 14. The highest BCUT2D eigenvalue weighted by Gasteiger charge is 2.68. The van der Waals surface area contributed by atoms with Gasteiger partial charge in [0.2, 0.25) is 5.24 Å². The van der Waals surface area contributed by atoms with E-state index >= 15 is 0 Å². The Morgan fingerprint density at radius 3 is 1.33 bits per heavy atom. The second-order valence-corrected chi connectivity index (χ2v) is 31.6. The molecule has 0 radical (unpaired) electrons. The number of halogens is 1. The Labute approximate surface area is 511 Å². The predicted octanol–water partition coefficient (Wildman–Crippen LogP) is 12.1. The zero-order chi connectivity index (χ0) is 62.5. The van der Waals surface area contributed by atoms with Crippen LogP contribution >= 0.6 is 11.6 Å². The second-order valence-electron chi connectivity index (χ2n) is 31.1. The van der Waals surface area contributed by atoms with E-state index in [1.54, 1.807) is 9.80 Å². The Kier molecular flexibility index (Phi) is 20.3. The number of likely N-dealkylation sites (tertiary alicyclic amines) is 2. The van der Waals surface area contributed by atoms with Crippen LogP contribution in [0, 0.1) is 92.7 Å². The lowest BCUT2D eigenvalue weighted by Gasteiger charge is -2.58. The fraction of sp³-hybridized carbons (Fsp3) is 0.853. The summed E-state index contributed by atoms with van der Waals surface area (Å²) in [5, 5.41) is 8.94. The summed E-state index contributed by atoms with van der Waals surface area (Å²) in [6.07, 6.45) is 12.8. The van der Waals surface area contributed by atoms with Crippen molar-refractivity contribution in [3.63, 3.8) is 0 Å². The molecule has 0 aromatic rings. The maximum atomic E-state index is 14.0. The van der Waals surface area contributed by atoms with Crippen LogP contribution in [0.4, 0.5) is 9.59 Å². The summed E-state index contributed by atoms with van der Waals surface area (Å²) >= 11 is 5.56. The van der Waals surface area contributed by atoms with Crippen LogP contribution in [0.15, 0.2) is 0 Å². The Bertz CT molecular complexity index is 2570. The van der Waals surface area contributed by atoms with Crippen molar-refractivity contribution in [1.29, 1.82) is 0 Å². The average molecular weight is 1210 g/mol. The molecule has 2 saturated heterocycles. The van der Waals surface area contributed by atoms with Gasteiger partial charge in [-0.2, -0.15) is 0 Å². The third kappa shape index (κ3) is 14.0. The summed E-state index contributed by atoms with van der Waals surface area (Å²) in [5.41, 5.74) is -2.17. The molecule has 2 heterocycles. The van der Waals surface area contributed by atoms with Crippen molar-refractivity contribution >= 4 is 69.7 Å². The van der Waals surface area contributed by atoms with Gasteiger partial charge in [0.05, 0.1) is 6.10 Å². The number of ether oxygens (including phenoxy) is 3. The van der Waals surface area contributed by atoms with Crippen LogP contribution in [0.25, 0.3) is 0 Å². The molecule has 10 rings (SSSR count). The largest absolute Gasteiger partial charge is 0.462 e. The third-order valence-electron chi connectivity index (χ3n) is 23.9. The first-order valence-electron chi connectivity index (χ1n) is 32.8. The minimum atomic E-state index is -0.540. The van der Waals surface area contributed by atoms with Gasteiger partial charge in [0.15, 0.2) is 0 Å². The number of aliphatic hydroxyl groups is 1. The molecular formula is C68H103ClN2O14. The number of esters is 1. The number of ketones is 6. The first kappa shape index (κ1) is 66.9. The molecule has 10 fully saturated rings. The summed E-state index contributed by atoms with van der Waals surface area (Å²) in [6.45, 7) is 26.2. The van der Waals surface area contributed by atoms with Gasteiger partial charge in [0.25, 0.3) is 0 Å². The van der Waals surface area contributed by atoms with Crippen LogP contribution in [0.1, 0.15) is 224 Å². The second kappa shape index (κ2) is 25.8. The minimum absolute atomic E-state index is 0.0426. The fourth-order valence-corrected chi connectivity index (χ4v) is 19.1. The number of Topliss-reactive ketones (excluding diaryl/α,β-unsaturated/α-hetero) is 6. The van der Waals surface area contributed by atoms with Gasteiger partial charge < -0.3 is 29.1 Å². The van der Waals surface area contributed by atoms with Gasteiger partial charge >= 0.3 is 18.2 Å². The minimum Gasteiger partial charge on any atom is -0.462 e. The average Bonchev–Trinajstić information content (AvgIpc) is 1.78. The van der Waals surface area contributed by atoms with Crippen molar-refractivity contribution < 1.29 is 67.3 Å². The lowest BCUT2D eigenvalue weighted by atomic mass is 9.44. The van der Waals surface area contributed by atoms with Gasteiger partial charge in [-0.05, 0) is 187 Å². The summed E-state index contributed by atoms with van der Waals surface area (Å²) in [4.78, 5) is 130. The number of aliphatic hydroxyl groups excluding tert-OH is 1. The number of carbonyl (C=O) groups excluding carboxylic acids is 10. The van der Waals surface area contributed by atoms with Crippen molar-refractivity contribution in [2.75, 3.05) is 26.2 Å². The quantitative estimate of drug-likeness (QED) is 0.129. The molecule has 8 aliphatic carbocycles. The summed E-state index contributed by atoms with van der Waals surface area (Å²) in [5.74, 6) is 2.59. The Morgan fingerprint density at radius 1 is 0.553 bits per heavy atom. The van der Waals surface area contributed by atoms with Crippen LogP contribution < -0.4 is 0 Å². The molecule has 1 N–H and O–H groups in total. The van der Waals surface area contributed by atoms with Crippen LogP contribution in [0.5, 0.6) is 0 Å². The zero-order valence-corrected chi connectivity index (χ0v) is 54.3. The molecule has 2 unspecified atom stereocenters. The molecule has 10 aliphatic rings. The van der Waals surface area contributed by atoms with Gasteiger partial charge in [-0.1, -0.05) is 41.5 Å². The SMILES string of the molecule is CC(C)(C)OC(=O)N1CCC(O)CC1.C[C@H](CCC(=O)Cl)C1CC[C@H]2[C@@H]3C(=O)C[C@@H]4CC(=O)CC[C@]4(C)[C@H]3CC(=O)[C@]12C.C[C@H](CCC(=O)OC1CCN(C(=O)OC(C)(C)C)CC1)C1CC[C@H]2[C@@H]3C(=O)C[C@@H]4CC(=O)CC[C@]4(C)[C@H]3CC(=O)[C@]12C. The summed E-state index contributed by atoms with van der Waals surface area (Å²) in [6, 6.07) is 0. The molecule has 0 bridgehead atoms. The van der Waals surface area contributed by atoms with Gasteiger partial charge in [0.1, 0.15) is 52.0 Å². The molecule has 0 spiro atoms. The van der Waals surface area contributed by atoms with E-state index < -0.39 is 22.0 Å². The molecule has 0 aromatic carbocycles. The van der Waals surface area contributed by atoms with E-state index in [9.17, 15) is 53.1 Å². The lowest BCUT2D eigenvalue weighted by Crippen LogP contribution is -2.60. The topological polar surface area (TPSA) is 225 Å². The van der Waals surface area contributed by atoms with Gasteiger partial charge in [-0.3, -0.25) is 38.4 Å². The molecule has 2 amide bonds. The van der Waals surface area contributed by atoms with Crippen molar-refractivity contribution in [2.24, 2.45) is 92.7 Å². The van der Waals surface area contributed by atoms with Crippen LogP contribution in [-0.2, 0) is 52.6 Å². The molecule has 0 aromatic heterocycles. The van der Waals surface area contributed by atoms with E-state index in [0.29, 0.717) is 140 Å². The van der Waals surface area contributed by atoms with E-state index in [0.717, 1.165) is 38.5 Å². The highest BCUT2D eigenvalue weighted by Crippen LogP contribution is 2.68. The maximum Gasteiger partial charge on any atom is 0.410 e. The number of amides is 2. The monoisotopic (exact) mass is 1210 g/mol. The number of hydrogen-bond donors (Lipinski definition) is 1. The van der Waals surface area contributed by atoms with Crippen LogP contribution in [0.3, 0.4) is 0 Å². The fourth-order valence-electron chi connectivity index (χ4n) is 19.0. The van der Waals surface area contributed by atoms with E-state index in [4.69, 9.17) is 25.8 Å². The molecule has 16 atom stereocenters. The summed E-state index contributed by atoms with van der Waals surface area (Å²) < 4.78 is 16.5. The Balaban J connectivity index is 0.000000188. The van der Waals surface area contributed by atoms with Crippen molar-refractivity contribution in [3.05, 3.63) is 0 Å². The van der Waals surface area contributed by atoms with E-state index in [-0.39, 0.29) is 141 Å². The highest BCUT2D eigenvalue weighted by atomic mass is 35.5. The first-order chi connectivity index (χ1) is 39.6. The maximum absolute atomic E-state index is 14.0. The zero-order valence-electron chi connectivity index (χ0n) is 53.5. The number of nitrogens with zero attached hydrogens (tertiary/aromatic N) is 2.